The van der Waals surface area contributed by atoms with Crippen molar-refractivity contribution in [1.82, 2.24) is 0 Å². The average Bonchev–Trinajstić information content (AvgIpc) is 1.97. The zero-order valence-electron chi connectivity index (χ0n) is 8.07. The molecular weight excluding hydrogens is 247 g/mol. The van der Waals surface area contributed by atoms with Crippen molar-refractivity contribution in [2.75, 3.05) is 0 Å². The number of rotatable bonds is 6. The molecule has 0 fully saturated rings. The van der Waals surface area contributed by atoms with Crippen LogP contribution >= 0.6 is 22.6 Å². The monoisotopic (exact) mass is 268 g/mol. The van der Waals surface area contributed by atoms with Gasteiger partial charge < -0.3 is 0 Å². The van der Waals surface area contributed by atoms with Crippen molar-refractivity contribution < 1.29 is 0 Å². The second kappa shape index (κ2) is 7.38. The first-order chi connectivity index (χ1) is 5.22. The van der Waals surface area contributed by atoms with E-state index >= 15 is 0 Å². The summed E-state index contributed by atoms with van der Waals surface area (Å²) in [4.78, 5) is 0. The lowest BCUT2D eigenvalue weighted by Crippen LogP contribution is -2.09. The first kappa shape index (κ1) is 11.7. The largest absolute Gasteiger partial charge is 0.0826 e. The van der Waals surface area contributed by atoms with Crippen LogP contribution < -0.4 is 0 Å². The molecule has 0 aromatic carbocycles. The van der Waals surface area contributed by atoms with Gasteiger partial charge in [-0.3, -0.25) is 0 Å². The van der Waals surface area contributed by atoms with E-state index in [4.69, 9.17) is 0 Å². The van der Waals surface area contributed by atoms with Crippen LogP contribution in [0.5, 0.6) is 0 Å². The molecule has 11 heavy (non-hydrogen) atoms. The van der Waals surface area contributed by atoms with E-state index in [2.05, 4.69) is 43.4 Å². The summed E-state index contributed by atoms with van der Waals surface area (Å²) >= 11 is 2.56. The van der Waals surface area contributed by atoms with Gasteiger partial charge >= 0.3 is 0 Å². The summed E-state index contributed by atoms with van der Waals surface area (Å²) in [5.74, 6) is 0.960. The summed E-state index contributed by atoms with van der Waals surface area (Å²) in [6.45, 7) is 6.92. The molecule has 0 bridgehead atoms. The lowest BCUT2D eigenvalue weighted by molar-refractivity contribution is 0.451. The second-order valence-electron chi connectivity index (χ2n) is 3.34. The number of unbranched alkanes of at least 4 members (excludes halogenated alkanes) is 2. The third-order valence-electron chi connectivity index (χ3n) is 2.35. The van der Waals surface area contributed by atoms with Gasteiger partial charge in [0.2, 0.25) is 0 Å². The van der Waals surface area contributed by atoms with Crippen molar-refractivity contribution in [2.24, 2.45) is 5.92 Å². The quantitative estimate of drug-likeness (QED) is 0.380. The summed E-state index contributed by atoms with van der Waals surface area (Å²) in [7, 11) is 0. The summed E-state index contributed by atoms with van der Waals surface area (Å²) < 4.78 is 0.856. The van der Waals surface area contributed by atoms with Crippen molar-refractivity contribution in [3.8, 4) is 0 Å². The molecule has 0 aliphatic carbocycles. The SMILES string of the molecule is CCCCCC(CC)C(C)I. The Balaban J connectivity index is 3.36. The molecule has 0 radical (unpaired) electrons. The zero-order chi connectivity index (χ0) is 8.69. The van der Waals surface area contributed by atoms with Crippen LogP contribution in [0.25, 0.3) is 0 Å². The molecule has 1 heteroatoms. The summed E-state index contributed by atoms with van der Waals surface area (Å²) in [5.41, 5.74) is 0. The van der Waals surface area contributed by atoms with Gasteiger partial charge in [0.1, 0.15) is 0 Å². The number of halogens is 1. The van der Waals surface area contributed by atoms with Crippen LogP contribution in [0, 0.1) is 5.92 Å². The van der Waals surface area contributed by atoms with Crippen molar-refractivity contribution in [3.63, 3.8) is 0 Å². The van der Waals surface area contributed by atoms with Crippen molar-refractivity contribution >= 4 is 22.6 Å². The Labute approximate surface area is 85.3 Å². The minimum atomic E-state index is 0.856. The van der Waals surface area contributed by atoms with E-state index in [1.54, 1.807) is 0 Å². The van der Waals surface area contributed by atoms with Crippen molar-refractivity contribution in [3.05, 3.63) is 0 Å². The van der Waals surface area contributed by atoms with Crippen LogP contribution in [0.2, 0.25) is 0 Å². The van der Waals surface area contributed by atoms with Gasteiger partial charge in [-0.05, 0) is 12.3 Å². The van der Waals surface area contributed by atoms with Gasteiger partial charge in [0.05, 0.1) is 0 Å². The first-order valence-electron chi connectivity index (χ1n) is 4.86. The third-order valence-corrected chi connectivity index (χ3v) is 3.37. The van der Waals surface area contributed by atoms with Gasteiger partial charge in [-0.15, -0.1) is 0 Å². The van der Waals surface area contributed by atoms with Gasteiger partial charge in [0.25, 0.3) is 0 Å². The predicted molar refractivity (Wildman–Crippen MR) is 61.4 cm³/mol. The molecule has 2 unspecified atom stereocenters. The normalized spacial score (nSPS) is 16.4. The van der Waals surface area contributed by atoms with Gasteiger partial charge in [-0.25, -0.2) is 0 Å². The van der Waals surface area contributed by atoms with Gasteiger partial charge in [0.15, 0.2) is 0 Å². The number of hydrogen-bond acceptors (Lipinski definition) is 0. The summed E-state index contributed by atoms with van der Waals surface area (Å²) in [6.07, 6.45) is 7.00. The van der Waals surface area contributed by atoms with Crippen molar-refractivity contribution in [1.29, 1.82) is 0 Å². The van der Waals surface area contributed by atoms with Crippen LogP contribution in [0.4, 0.5) is 0 Å². The summed E-state index contributed by atoms with van der Waals surface area (Å²) in [6, 6.07) is 0. The molecule has 0 nitrogen and oxygen atoms in total. The minimum Gasteiger partial charge on any atom is -0.0826 e. The fraction of sp³-hybridized carbons (Fsp3) is 1.00. The topological polar surface area (TPSA) is 0 Å². The number of hydrogen-bond donors (Lipinski definition) is 0. The van der Waals surface area contributed by atoms with E-state index in [-0.39, 0.29) is 0 Å². The van der Waals surface area contributed by atoms with E-state index in [0.717, 1.165) is 9.84 Å². The summed E-state index contributed by atoms with van der Waals surface area (Å²) in [5, 5.41) is 0. The molecular formula is C10H21I. The standard InChI is InChI=1S/C10H21I/c1-4-6-7-8-10(5-2)9(3)11/h9-10H,4-8H2,1-3H3. The van der Waals surface area contributed by atoms with E-state index in [9.17, 15) is 0 Å². The van der Waals surface area contributed by atoms with Crippen LogP contribution in [0.3, 0.4) is 0 Å². The maximum atomic E-state index is 2.56. The number of alkyl halides is 1. The Bertz CT molecular complexity index is 78.9. The molecule has 0 aromatic heterocycles. The molecule has 0 spiro atoms. The minimum absolute atomic E-state index is 0.856. The molecule has 68 valence electrons. The fourth-order valence-electron chi connectivity index (χ4n) is 1.42. The van der Waals surface area contributed by atoms with E-state index in [1.807, 2.05) is 0 Å². The highest BCUT2D eigenvalue weighted by Gasteiger charge is 2.10. The fourth-order valence-corrected chi connectivity index (χ4v) is 2.28. The lowest BCUT2D eigenvalue weighted by Gasteiger charge is -2.16. The van der Waals surface area contributed by atoms with Gasteiger partial charge in [-0.2, -0.15) is 0 Å². The van der Waals surface area contributed by atoms with E-state index in [1.165, 1.54) is 32.1 Å². The van der Waals surface area contributed by atoms with Gasteiger partial charge in [-0.1, -0.05) is 69.0 Å². The van der Waals surface area contributed by atoms with E-state index < -0.39 is 0 Å². The Morgan fingerprint density at radius 3 is 2.18 bits per heavy atom. The highest BCUT2D eigenvalue weighted by molar-refractivity contribution is 14.1. The second-order valence-corrected chi connectivity index (χ2v) is 5.31. The Morgan fingerprint density at radius 1 is 1.18 bits per heavy atom. The maximum Gasteiger partial charge on any atom is 0.0109 e. The maximum absolute atomic E-state index is 2.56. The van der Waals surface area contributed by atoms with E-state index in [0.29, 0.717) is 0 Å². The zero-order valence-corrected chi connectivity index (χ0v) is 10.2. The first-order valence-corrected chi connectivity index (χ1v) is 6.11. The Hall–Kier alpha value is 0.730. The molecule has 0 aliphatic rings. The third kappa shape index (κ3) is 5.94. The molecule has 0 amide bonds. The molecule has 2 atom stereocenters. The molecule has 0 saturated carbocycles. The Kier molecular flexibility index (Phi) is 7.87. The highest BCUT2D eigenvalue weighted by atomic mass is 127. The lowest BCUT2D eigenvalue weighted by atomic mass is 9.96. The van der Waals surface area contributed by atoms with Crippen LogP contribution in [0.1, 0.15) is 52.9 Å². The smallest absolute Gasteiger partial charge is 0.0109 e. The molecule has 0 rings (SSSR count). The molecule has 0 aromatic rings. The molecule has 0 aliphatic heterocycles. The van der Waals surface area contributed by atoms with Crippen molar-refractivity contribution in [2.45, 2.75) is 56.8 Å². The molecule has 0 heterocycles. The van der Waals surface area contributed by atoms with Gasteiger partial charge in [0, 0.05) is 3.92 Å². The van der Waals surface area contributed by atoms with Crippen LogP contribution in [-0.2, 0) is 0 Å². The molecule has 0 N–H and O–H groups in total. The average molecular weight is 268 g/mol. The predicted octanol–water partition coefficient (Wildman–Crippen LogP) is 4.42. The highest BCUT2D eigenvalue weighted by Crippen LogP contribution is 2.22. The van der Waals surface area contributed by atoms with Crippen LogP contribution in [0.15, 0.2) is 0 Å². The molecule has 0 saturated heterocycles. The Morgan fingerprint density at radius 2 is 1.82 bits per heavy atom. The van der Waals surface area contributed by atoms with Crippen LogP contribution in [-0.4, -0.2) is 3.92 Å².